The number of nitrogens with zero attached hydrogens (tertiary/aromatic N) is 2. The van der Waals surface area contributed by atoms with Crippen molar-refractivity contribution in [2.75, 3.05) is 5.32 Å². The fourth-order valence-corrected chi connectivity index (χ4v) is 3.27. The fraction of sp³-hybridized carbons (Fsp3) is 0. The van der Waals surface area contributed by atoms with Gasteiger partial charge in [-0.25, -0.2) is 4.98 Å². The SMILES string of the molecule is N#Cc1cccc(NC(=O)c2csc(-c3ccsc3)n2)c1. The number of thiophene rings is 1. The Labute approximate surface area is 129 Å². The number of carbonyl (C=O) groups is 1. The Morgan fingerprint density at radius 2 is 2.19 bits per heavy atom. The lowest BCUT2D eigenvalue weighted by atomic mass is 10.2. The first-order chi connectivity index (χ1) is 10.3. The minimum atomic E-state index is -0.275. The van der Waals surface area contributed by atoms with Gasteiger partial charge in [0.15, 0.2) is 0 Å². The van der Waals surface area contributed by atoms with Crippen LogP contribution in [0.5, 0.6) is 0 Å². The van der Waals surface area contributed by atoms with Crippen molar-refractivity contribution < 1.29 is 4.79 Å². The van der Waals surface area contributed by atoms with Gasteiger partial charge in [-0.1, -0.05) is 6.07 Å². The predicted molar refractivity (Wildman–Crippen MR) is 84.5 cm³/mol. The second-order valence-electron chi connectivity index (χ2n) is 4.20. The standard InChI is InChI=1S/C15H9N3OS2/c16-7-10-2-1-3-12(6-10)17-14(19)13-9-21-15(18-13)11-4-5-20-8-11/h1-6,8-9H,(H,17,19). The Morgan fingerprint density at radius 1 is 1.29 bits per heavy atom. The molecule has 1 amide bonds. The summed E-state index contributed by atoms with van der Waals surface area (Å²) in [5.74, 6) is -0.275. The van der Waals surface area contributed by atoms with Crippen molar-refractivity contribution >= 4 is 34.3 Å². The van der Waals surface area contributed by atoms with Gasteiger partial charge in [-0.3, -0.25) is 4.79 Å². The van der Waals surface area contributed by atoms with E-state index in [0.29, 0.717) is 16.9 Å². The molecule has 3 aromatic rings. The number of rotatable bonds is 3. The number of nitriles is 1. The van der Waals surface area contributed by atoms with Gasteiger partial charge in [-0.2, -0.15) is 16.6 Å². The third kappa shape index (κ3) is 2.99. The molecule has 4 nitrogen and oxygen atoms in total. The number of anilines is 1. The molecule has 1 N–H and O–H groups in total. The summed E-state index contributed by atoms with van der Waals surface area (Å²) < 4.78 is 0. The molecule has 2 aromatic heterocycles. The molecule has 0 aliphatic rings. The molecule has 0 aliphatic carbocycles. The van der Waals surface area contributed by atoms with Gasteiger partial charge in [0.05, 0.1) is 11.6 Å². The minimum Gasteiger partial charge on any atom is -0.321 e. The lowest BCUT2D eigenvalue weighted by Gasteiger charge is -2.02. The summed E-state index contributed by atoms with van der Waals surface area (Å²) in [7, 11) is 0. The van der Waals surface area contributed by atoms with Crippen LogP contribution < -0.4 is 5.32 Å². The summed E-state index contributed by atoms with van der Waals surface area (Å²) in [6, 6.07) is 10.8. The number of benzene rings is 1. The first kappa shape index (κ1) is 13.5. The summed E-state index contributed by atoms with van der Waals surface area (Å²) >= 11 is 3.03. The Hall–Kier alpha value is -2.49. The number of hydrogen-bond acceptors (Lipinski definition) is 5. The van der Waals surface area contributed by atoms with Crippen LogP contribution in [-0.2, 0) is 0 Å². The van der Waals surface area contributed by atoms with Crippen molar-refractivity contribution in [2.45, 2.75) is 0 Å². The van der Waals surface area contributed by atoms with Crippen LogP contribution in [0.15, 0.2) is 46.5 Å². The van der Waals surface area contributed by atoms with Crippen molar-refractivity contribution in [3.05, 3.63) is 57.7 Å². The number of carbonyl (C=O) groups excluding carboxylic acids is 1. The molecular formula is C15H9N3OS2. The molecule has 2 heterocycles. The highest BCUT2D eigenvalue weighted by atomic mass is 32.1. The molecule has 21 heavy (non-hydrogen) atoms. The van der Waals surface area contributed by atoms with Crippen molar-refractivity contribution in [1.82, 2.24) is 4.98 Å². The van der Waals surface area contributed by atoms with Gasteiger partial charge in [0.25, 0.3) is 5.91 Å². The van der Waals surface area contributed by atoms with E-state index in [-0.39, 0.29) is 5.91 Å². The zero-order chi connectivity index (χ0) is 14.7. The van der Waals surface area contributed by atoms with E-state index in [1.165, 1.54) is 11.3 Å². The number of amides is 1. The van der Waals surface area contributed by atoms with Gasteiger partial charge in [0.1, 0.15) is 10.7 Å². The molecule has 0 fully saturated rings. The highest BCUT2D eigenvalue weighted by Crippen LogP contribution is 2.26. The van der Waals surface area contributed by atoms with Crippen LogP contribution in [0.4, 0.5) is 5.69 Å². The Morgan fingerprint density at radius 3 is 2.95 bits per heavy atom. The molecule has 0 atom stereocenters. The molecule has 0 radical (unpaired) electrons. The van der Waals surface area contributed by atoms with Crippen LogP contribution in [-0.4, -0.2) is 10.9 Å². The first-order valence-electron chi connectivity index (χ1n) is 6.06. The van der Waals surface area contributed by atoms with Crippen LogP contribution in [0.1, 0.15) is 16.1 Å². The average molecular weight is 311 g/mol. The Bertz CT molecular complexity index is 816. The third-order valence-corrected chi connectivity index (χ3v) is 4.33. The van der Waals surface area contributed by atoms with Gasteiger partial charge >= 0.3 is 0 Å². The van der Waals surface area contributed by atoms with Crippen LogP contribution >= 0.6 is 22.7 Å². The van der Waals surface area contributed by atoms with E-state index in [4.69, 9.17) is 5.26 Å². The summed E-state index contributed by atoms with van der Waals surface area (Å²) in [6.07, 6.45) is 0. The molecule has 102 valence electrons. The number of nitrogens with one attached hydrogen (secondary N) is 1. The van der Waals surface area contributed by atoms with Gasteiger partial charge in [-0.05, 0) is 29.6 Å². The highest BCUT2D eigenvalue weighted by molar-refractivity contribution is 7.14. The number of hydrogen-bond donors (Lipinski definition) is 1. The maximum atomic E-state index is 12.1. The molecule has 1 aromatic carbocycles. The molecule has 0 bridgehead atoms. The predicted octanol–water partition coefficient (Wildman–Crippen LogP) is 4.00. The normalized spacial score (nSPS) is 10.0. The highest BCUT2D eigenvalue weighted by Gasteiger charge is 2.12. The van der Waals surface area contributed by atoms with E-state index >= 15 is 0 Å². The van der Waals surface area contributed by atoms with Crippen LogP contribution in [0.2, 0.25) is 0 Å². The van der Waals surface area contributed by atoms with E-state index in [2.05, 4.69) is 10.3 Å². The van der Waals surface area contributed by atoms with Gasteiger partial charge < -0.3 is 5.32 Å². The largest absolute Gasteiger partial charge is 0.321 e. The average Bonchev–Trinajstić information content (AvgIpc) is 3.18. The zero-order valence-corrected chi connectivity index (χ0v) is 12.4. The third-order valence-electron chi connectivity index (χ3n) is 2.75. The summed E-state index contributed by atoms with van der Waals surface area (Å²) in [5.41, 5.74) is 2.49. The topological polar surface area (TPSA) is 65.8 Å². The van der Waals surface area contributed by atoms with Crippen LogP contribution in [0.3, 0.4) is 0 Å². The van der Waals surface area contributed by atoms with Gasteiger partial charge in [0.2, 0.25) is 0 Å². The molecule has 6 heteroatoms. The lowest BCUT2D eigenvalue weighted by Crippen LogP contribution is -2.12. The first-order valence-corrected chi connectivity index (χ1v) is 7.88. The van der Waals surface area contributed by atoms with E-state index < -0.39 is 0 Å². The molecule has 0 spiro atoms. The molecular weight excluding hydrogens is 302 g/mol. The Balaban J connectivity index is 1.78. The maximum absolute atomic E-state index is 12.1. The van der Waals surface area contributed by atoms with Gasteiger partial charge in [0, 0.05) is 22.0 Å². The van der Waals surface area contributed by atoms with Gasteiger partial charge in [-0.15, -0.1) is 11.3 Å². The smallest absolute Gasteiger partial charge is 0.275 e. The van der Waals surface area contributed by atoms with E-state index in [1.54, 1.807) is 41.0 Å². The lowest BCUT2D eigenvalue weighted by molar-refractivity contribution is 0.102. The Kier molecular flexibility index (Phi) is 3.77. The summed E-state index contributed by atoms with van der Waals surface area (Å²) in [6.45, 7) is 0. The number of thiazole rings is 1. The van der Waals surface area contributed by atoms with Crippen molar-refractivity contribution in [2.24, 2.45) is 0 Å². The van der Waals surface area contributed by atoms with Crippen molar-refractivity contribution in [1.29, 1.82) is 5.26 Å². The molecule has 0 unspecified atom stereocenters. The van der Waals surface area contributed by atoms with Crippen molar-refractivity contribution in [3.63, 3.8) is 0 Å². The summed E-state index contributed by atoms with van der Waals surface area (Å²) in [4.78, 5) is 16.5. The van der Waals surface area contributed by atoms with Crippen LogP contribution in [0, 0.1) is 11.3 Å². The van der Waals surface area contributed by atoms with Crippen LogP contribution in [0.25, 0.3) is 10.6 Å². The minimum absolute atomic E-state index is 0.275. The van der Waals surface area contributed by atoms with E-state index in [0.717, 1.165) is 10.6 Å². The molecule has 0 saturated carbocycles. The zero-order valence-electron chi connectivity index (χ0n) is 10.7. The molecule has 0 saturated heterocycles. The summed E-state index contributed by atoms with van der Waals surface area (Å²) in [5, 5.41) is 18.1. The fourth-order valence-electron chi connectivity index (χ4n) is 1.76. The van der Waals surface area contributed by atoms with E-state index in [1.807, 2.05) is 22.9 Å². The van der Waals surface area contributed by atoms with Crippen molar-refractivity contribution in [3.8, 4) is 16.6 Å². The molecule has 3 rings (SSSR count). The second-order valence-corrected chi connectivity index (χ2v) is 5.83. The monoisotopic (exact) mass is 311 g/mol. The maximum Gasteiger partial charge on any atom is 0.275 e. The quantitative estimate of drug-likeness (QED) is 0.795. The van der Waals surface area contributed by atoms with E-state index in [9.17, 15) is 4.79 Å². The second kappa shape index (κ2) is 5.87. The molecule has 0 aliphatic heterocycles. The number of aromatic nitrogens is 1.